The number of methoxy groups -OCH3 is 3. The van der Waals surface area contributed by atoms with Crippen molar-refractivity contribution in [1.82, 2.24) is 0 Å². The predicted octanol–water partition coefficient (Wildman–Crippen LogP) is 2.20. The third-order valence-corrected chi connectivity index (χ3v) is 3.50. The van der Waals surface area contributed by atoms with E-state index in [2.05, 4.69) is 10.6 Å². The number of nitrogens with one attached hydrogen (secondary N) is 2. The number of carbonyl (C=O) groups excluding carboxylic acids is 2. The van der Waals surface area contributed by atoms with Crippen molar-refractivity contribution in [3.63, 3.8) is 0 Å². The maximum atomic E-state index is 12.2. The van der Waals surface area contributed by atoms with E-state index in [1.807, 2.05) is 0 Å². The van der Waals surface area contributed by atoms with E-state index in [4.69, 9.17) is 14.2 Å². The molecule has 0 saturated carbocycles. The number of amides is 2. The molecule has 0 saturated heterocycles. The summed E-state index contributed by atoms with van der Waals surface area (Å²) >= 11 is 0. The van der Waals surface area contributed by atoms with E-state index in [1.165, 1.54) is 39.5 Å². The molecule has 10 nitrogen and oxygen atoms in total. The van der Waals surface area contributed by atoms with Crippen LogP contribution in [-0.4, -0.2) is 38.1 Å². The number of nitro benzene ring substituents is 1. The van der Waals surface area contributed by atoms with Gasteiger partial charge in [-0.15, -0.1) is 0 Å². The van der Waals surface area contributed by atoms with Crippen molar-refractivity contribution in [1.29, 1.82) is 0 Å². The Labute approximate surface area is 154 Å². The van der Waals surface area contributed by atoms with Gasteiger partial charge in [0.1, 0.15) is 17.2 Å². The fraction of sp³-hybridized carbons (Fsp3) is 0.176. The van der Waals surface area contributed by atoms with Crippen LogP contribution in [0, 0.1) is 10.1 Å². The van der Waals surface area contributed by atoms with Gasteiger partial charge in [0.15, 0.2) is 0 Å². The number of hydrogen-bond donors (Lipinski definition) is 2. The third kappa shape index (κ3) is 4.63. The number of hydrogen-bond acceptors (Lipinski definition) is 7. The fourth-order valence-electron chi connectivity index (χ4n) is 2.18. The molecule has 0 radical (unpaired) electrons. The average molecular weight is 375 g/mol. The van der Waals surface area contributed by atoms with Gasteiger partial charge >= 0.3 is 11.8 Å². The fourth-order valence-corrected chi connectivity index (χ4v) is 2.18. The smallest absolute Gasteiger partial charge is 0.314 e. The molecule has 0 aromatic heterocycles. The maximum Gasteiger partial charge on any atom is 0.314 e. The van der Waals surface area contributed by atoms with Crippen molar-refractivity contribution in [2.24, 2.45) is 0 Å². The minimum Gasteiger partial charge on any atom is -0.497 e. The van der Waals surface area contributed by atoms with E-state index >= 15 is 0 Å². The first-order valence-electron chi connectivity index (χ1n) is 7.56. The van der Waals surface area contributed by atoms with Crippen LogP contribution in [0.2, 0.25) is 0 Å². The molecular weight excluding hydrogens is 358 g/mol. The molecule has 0 heterocycles. The molecule has 2 rings (SSSR count). The summed E-state index contributed by atoms with van der Waals surface area (Å²) in [7, 11) is 4.19. The molecule has 142 valence electrons. The molecule has 0 aliphatic carbocycles. The van der Waals surface area contributed by atoms with E-state index in [-0.39, 0.29) is 22.8 Å². The van der Waals surface area contributed by atoms with Crippen molar-refractivity contribution < 1.29 is 28.7 Å². The number of nitro groups is 1. The monoisotopic (exact) mass is 375 g/mol. The SMILES string of the molecule is COc1ccc(OC)c(NC(=O)C(=O)Nc2cc([N+](=O)[O-])ccc2OC)c1. The van der Waals surface area contributed by atoms with Crippen LogP contribution in [0.5, 0.6) is 17.2 Å². The van der Waals surface area contributed by atoms with Gasteiger partial charge in [0, 0.05) is 18.2 Å². The van der Waals surface area contributed by atoms with E-state index < -0.39 is 16.7 Å². The number of ether oxygens (including phenoxy) is 3. The molecule has 0 aliphatic heterocycles. The van der Waals surface area contributed by atoms with Gasteiger partial charge < -0.3 is 24.8 Å². The number of anilines is 2. The molecule has 2 amide bonds. The molecule has 0 bridgehead atoms. The number of benzene rings is 2. The number of nitrogens with zero attached hydrogens (tertiary/aromatic N) is 1. The van der Waals surface area contributed by atoms with Gasteiger partial charge in [0.25, 0.3) is 5.69 Å². The first-order chi connectivity index (χ1) is 12.9. The lowest BCUT2D eigenvalue weighted by Gasteiger charge is -2.12. The zero-order valence-corrected chi connectivity index (χ0v) is 14.8. The van der Waals surface area contributed by atoms with Crippen LogP contribution >= 0.6 is 0 Å². The number of carbonyl (C=O) groups is 2. The van der Waals surface area contributed by atoms with Crippen molar-refractivity contribution in [2.75, 3.05) is 32.0 Å². The summed E-state index contributed by atoms with van der Waals surface area (Å²) in [6.07, 6.45) is 0. The van der Waals surface area contributed by atoms with Crippen molar-refractivity contribution >= 4 is 28.9 Å². The Balaban J connectivity index is 2.21. The summed E-state index contributed by atoms with van der Waals surface area (Å²) in [4.78, 5) is 34.7. The summed E-state index contributed by atoms with van der Waals surface area (Å²) in [5.74, 6) is -1.11. The third-order valence-electron chi connectivity index (χ3n) is 3.50. The van der Waals surface area contributed by atoms with Crippen LogP contribution in [0.25, 0.3) is 0 Å². The Hall–Kier alpha value is -3.82. The Morgan fingerprint density at radius 3 is 1.85 bits per heavy atom. The van der Waals surface area contributed by atoms with Gasteiger partial charge in [-0.25, -0.2) is 0 Å². The second-order valence-electron chi connectivity index (χ2n) is 5.12. The Morgan fingerprint density at radius 2 is 1.37 bits per heavy atom. The molecule has 2 aromatic rings. The quantitative estimate of drug-likeness (QED) is 0.450. The zero-order valence-electron chi connectivity index (χ0n) is 14.8. The lowest BCUT2D eigenvalue weighted by atomic mass is 10.2. The Morgan fingerprint density at radius 1 is 0.852 bits per heavy atom. The highest BCUT2D eigenvalue weighted by atomic mass is 16.6. The van der Waals surface area contributed by atoms with Crippen LogP contribution in [0.15, 0.2) is 36.4 Å². The van der Waals surface area contributed by atoms with Gasteiger partial charge in [-0.2, -0.15) is 0 Å². The van der Waals surface area contributed by atoms with Gasteiger partial charge in [-0.3, -0.25) is 19.7 Å². The van der Waals surface area contributed by atoms with Crippen molar-refractivity contribution in [2.45, 2.75) is 0 Å². The largest absolute Gasteiger partial charge is 0.497 e. The molecule has 27 heavy (non-hydrogen) atoms. The topological polar surface area (TPSA) is 129 Å². The summed E-state index contributed by atoms with van der Waals surface area (Å²) in [6.45, 7) is 0. The number of rotatable bonds is 6. The summed E-state index contributed by atoms with van der Waals surface area (Å²) in [6, 6.07) is 8.30. The predicted molar refractivity (Wildman–Crippen MR) is 96.5 cm³/mol. The molecule has 0 fully saturated rings. The molecule has 0 aliphatic rings. The van der Waals surface area contributed by atoms with E-state index in [1.54, 1.807) is 12.1 Å². The Kier molecular flexibility index (Phi) is 6.15. The highest BCUT2D eigenvalue weighted by Crippen LogP contribution is 2.30. The normalized spacial score (nSPS) is 9.89. The highest BCUT2D eigenvalue weighted by molar-refractivity contribution is 6.44. The maximum absolute atomic E-state index is 12.2. The molecule has 0 atom stereocenters. The van der Waals surface area contributed by atoms with Crippen LogP contribution < -0.4 is 24.8 Å². The molecule has 0 spiro atoms. The van der Waals surface area contributed by atoms with Gasteiger partial charge in [0.2, 0.25) is 0 Å². The molecule has 10 heteroatoms. The zero-order chi connectivity index (χ0) is 20.0. The lowest BCUT2D eigenvalue weighted by Crippen LogP contribution is -2.29. The highest BCUT2D eigenvalue weighted by Gasteiger charge is 2.20. The number of non-ortho nitro benzene ring substituents is 1. The van der Waals surface area contributed by atoms with Crippen LogP contribution in [-0.2, 0) is 9.59 Å². The van der Waals surface area contributed by atoms with Gasteiger partial charge in [-0.05, 0) is 18.2 Å². The summed E-state index contributed by atoms with van der Waals surface area (Å²) in [5, 5.41) is 15.6. The first-order valence-corrected chi connectivity index (χ1v) is 7.56. The first kappa shape index (κ1) is 19.5. The second kappa shape index (κ2) is 8.52. The summed E-state index contributed by atoms with van der Waals surface area (Å²) < 4.78 is 15.2. The van der Waals surface area contributed by atoms with Crippen molar-refractivity contribution in [3.8, 4) is 17.2 Å². The second-order valence-corrected chi connectivity index (χ2v) is 5.12. The van der Waals surface area contributed by atoms with Gasteiger partial charge in [0.05, 0.1) is 37.6 Å². The minimum atomic E-state index is -1.04. The summed E-state index contributed by atoms with van der Waals surface area (Å²) in [5.41, 5.74) is -0.0477. The van der Waals surface area contributed by atoms with E-state index in [9.17, 15) is 19.7 Å². The minimum absolute atomic E-state index is 0.00976. The lowest BCUT2D eigenvalue weighted by molar-refractivity contribution is -0.384. The van der Waals surface area contributed by atoms with Gasteiger partial charge in [-0.1, -0.05) is 0 Å². The average Bonchev–Trinajstić information content (AvgIpc) is 2.67. The standard InChI is InChI=1S/C17H17N3O7/c1-25-11-5-7-15(27-3)13(9-11)19-17(22)16(21)18-12-8-10(20(23)24)4-6-14(12)26-2/h4-9H,1-3H3,(H,18,21)(H,19,22). The Bertz CT molecular complexity index is 883. The van der Waals surface area contributed by atoms with Crippen LogP contribution in [0.4, 0.5) is 17.1 Å². The van der Waals surface area contributed by atoms with E-state index in [0.717, 1.165) is 6.07 Å². The van der Waals surface area contributed by atoms with Crippen LogP contribution in [0.1, 0.15) is 0 Å². The molecule has 2 aromatic carbocycles. The van der Waals surface area contributed by atoms with Crippen molar-refractivity contribution in [3.05, 3.63) is 46.5 Å². The van der Waals surface area contributed by atoms with Crippen LogP contribution in [0.3, 0.4) is 0 Å². The molecule has 0 unspecified atom stereocenters. The van der Waals surface area contributed by atoms with E-state index in [0.29, 0.717) is 11.5 Å². The molecular formula is C17H17N3O7. The molecule has 2 N–H and O–H groups in total.